The predicted molar refractivity (Wildman–Crippen MR) is 96.4 cm³/mol. The first kappa shape index (κ1) is 16.8. The highest BCUT2D eigenvalue weighted by Gasteiger charge is 2.33. The maximum Gasteiger partial charge on any atom is 0.220 e. The van der Waals surface area contributed by atoms with Crippen molar-refractivity contribution in [2.45, 2.75) is 31.7 Å². The molecule has 0 saturated heterocycles. The van der Waals surface area contributed by atoms with Crippen LogP contribution in [-0.2, 0) is 11.3 Å². The van der Waals surface area contributed by atoms with E-state index < -0.39 is 0 Å². The lowest BCUT2D eigenvalue weighted by Crippen LogP contribution is -2.25. The maximum atomic E-state index is 12.4. The molecule has 3 nitrogen and oxygen atoms in total. The van der Waals surface area contributed by atoms with Gasteiger partial charge in [-0.15, -0.1) is 0 Å². The van der Waals surface area contributed by atoms with Gasteiger partial charge in [0.1, 0.15) is 5.75 Å². The lowest BCUT2D eigenvalue weighted by Gasteiger charge is -2.17. The molecule has 0 heterocycles. The molecule has 1 aliphatic rings. The molecule has 1 atom stereocenters. The number of halogens is 1. The molecule has 1 amide bonds. The Morgan fingerprint density at radius 2 is 1.83 bits per heavy atom. The number of nitrogens with one attached hydrogen (secondary N) is 1. The Balaban J connectivity index is 1.58. The van der Waals surface area contributed by atoms with Crippen LogP contribution < -0.4 is 10.1 Å². The van der Waals surface area contributed by atoms with Crippen molar-refractivity contribution in [1.29, 1.82) is 0 Å². The van der Waals surface area contributed by atoms with Gasteiger partial charge in [-0.1, -0.05) is 35.9 Å². The van der Waals surface area contributed by atoms with Gasteiger partial charge in [0.05, 0.1) is 7.11 Å². The topological polar surface area (TPSA) is 38.3 Å². The highest BCUT2D eigenvalue weighted by atomic mass is 35.5. The molecule has 1 unspecified atom stereocenters. The van der Waals surface area contributed by atoms with Crippen molar-refractivity contribution in [2.75, 3.05) is 7.11 Å². The Morgan fingerprint density at radius 1 is 1.17 bits per heavy atom. The van der Waals surface area contributed by atoms with Crippen LogP contribution >= 0.6 is 11.6 Å². The molecule has 2 aromatic rings. The van der Waals surface area contributed by atoms with Gasteiger partial charge in [-0.25, -0.2) is 0 Å². The zero-order chi connectivity index (χ0) is 16.9. The first-order valence-electron chi connectivity index (χ1n) is 8.31. The molecule has 1 saturated carbocycles. The van der Waals surface area contributed by atoms with Crippen molar-refractivity contribution in [1.82, 2.24) is 5.32 Å². The van der Waals surface area contributed by atoms with Crippen LogP contribution in [0.2, 0.25) is 5.02 Å². The molecule has 3 rings (SSSR count). The van der Waals surface area contributed by atoms with E-state index in [0.29, 0.717) is 29.8 Å². The van der Waals surface area contributed by atoms with E-state index in [1.165, 1.54) is 18.4 Å². The molecular weight excluding hydrogens is 322 g/mol. The normalized spacial score (nSPS) is 14.9. The van der Waals surface area contributed by atoms with Crippen LogP contribution in [0.25, 0.3) is 0 Å². The van der Waals surface area contributed by atoms with Crippen molar-refractivity contribution >= 4 is 17.5 Å². The quantitative estimate of drug-likeness (QED) is 0.801. The van der Waals surface area contributed by atoms with Gasteiger partial charge in [0.2, 0.25) is 5.91 Å². The van der Waals surface area contributed by atoms with Crippen molar-refractivity contribution in [3.8, 4) is 5.75 Å². The first-order valence-corrected chi connectivity index (χ1v) is 8.68. The van der Waals surface area contributed by atoms with Gasteiger partial charge >= 0.3 is 0 Å². The molecule has 0 radical (unpaired) electrons. The third-order valence-electron chi connectivity index (χ3n) is 4.54. The Labute approximate surface area is 148 Å². The summed E-state index contributed by atoms with van der Waals surface area (Å²) in [5, 5.41) is 3.72. The van der Waals surface area contributed by atoms with Crippen molar-refractivity contribution in [3.05, 3.63) is 64.7 Å². The van der Waals surface area contributed by atoms with Crippen LogP contribution in [0.4, 0.5) is 0 Å². The van der Waals surface area contributed by atoms with E-state index in [1.807, 2.05) is 36.4 Å². The lowest BCUT2D eigenvalue weighted by atomic mass is 9.90. The van der Waals surface area contributed by atoms with Gasteiger partial charge < -0.3 is 10.1 Å². The van der Waals surface area contributed by atoms with E-state index in [0.717, 1.165) is 11.3 Å². The first-order chi connectivity index (χ1) is 11.7. The maximum absolute atomic E-state index is 12.4. The van der Waals surface area contributed by atoms with Gasteiger partial charge in [-0.3, -0.25) is 4.79 Å². The molecule has 0 aromatic heterocycles. The van der Waals surface area contributed by atoms with Gasteiger partial charge in [0.15, 0.2) is 0 Å². The molecule has 1 fully saturated rings. The van der Waals surface area contributed by atoms with Gasteiger partial charge in [-0.05, 0) is 60.1 Å². The van der Waals surface area contributed by atoms with Crippen LogP contribution in [0.1, 0.15) is 36.3 Å². The van der Waals surface area contributed by atoms with E-state index >= 15 is 0 Å². The summed E-state index contributed by atoms with van der Waals surface area (Å²) in [5.41, 5.74) is 2.28. The summed E-state index contributed by atoms with van der Waals surface area (Å²) < 4.78 is 5.21. The molecular formula is C20H22ClNO2. The van der Waals surface area contributed by atoms with E-state index in [4.69, 9.17) is 16.3 Å². The second kappa shape index (κ2) is 7.71. The third-order valence-corrected chi connectivity index (χ3v) is 4.80. The van der Waals surface area contributed by atoms with Crippen LogP contribution in [0, 0.1) is 5.92 Å². The summed E-state index contributed by atoms with van der Waals surface area (Å²) in [4.78, 5) is 12.4. The van der Waals surface area contributed by atoms with Gasteiger partial charge in [0, 0.05) is 18.0 Å². The molecule has 4 heteroatoms. The zero-order valence-electron chi connectivity index (χ0n) is 13.8. The Morgan fingerprint density at radius 3 is 2.42 bits per heavy atom. The fourth-order valence-electron chi connectivity index (χ4n) is 2.98. The number of hydrogen-bond acceptors (Lipinski definition) is 2. The number of rotatable bonds is 7. The van der Waals surface area contributed by atoms with Crippen molar-refractivity contribution in [3.63, 3.8) is 0 Å². The fourth-order valence-corrected chi connectivity index (χ4v) is 3.11. The number of benzene rings is 2. The average molecular weight is 344 g/mol. The summed E-state index contributed by atoms with van der Waals surface area (Å²) in [7, 11) is 1.66. The van der Waals surface area contributed by atoms with Crippen molar-refractivity contribution < 1.29 is 9.53 Å². The van der Waals surface area contributed by atoms with Gasteiger partial charge in [-0.2, -0.15) is 0 Å². The number of methoxy groups -OCH3 is 1. The van der Waals surface area contributed by atoms with Gasteiger partial charge in [0.25, 0.3) is 0 Å². The van der Waals surface area contributed by atoms with E-state index in [2.05, 4.69) is 17.4 Å². The Bertz CT molecular complexity index is 678. The SMILES string of the molecule is COc1ccc(C(CC(=O)NCc2ccc(Cl)cc2)C2CC2)cc1. The summed E-state index contributed by atoms with van der Waals surface area (Å²) >= 11 is 5.88. The summed E-state index contributed by atoms with van der Waals surface area (Å²) in [5.74, 6) is 1.86. The standard InChI is InChI=1S/C20H22ClNO2/c1-24-18-10-6-16(7-11-18)19(15-4-5-15)12-20(23)22-13-14-2-8-17(21)9-3-14/h2-3,6-11,15,19H,4-5,12-13H2,1H3,(H,22,23). The third kappa shape index (κ3) is 4.51. The van der Waals surface area contributed by atoms with Crippen molar-refractivity contribution in [2.24, 2.45) is 5.92 Å². The minimum absolute atomic E-state index is 0.0951. The zero-order valence-corrected chi connectivity index (χ0v) is 14.6. The number of amides is 1. The smallest absolute Gasteiger partial charge is 0.220 e. The van der Waals surface area contributed by atoms with Crippen LogP contribution in [0.3, 0.4) is 0 Å². The molecule has 0 bridgehead atoms. The van der Waals surface area contributed by atoms with Crippen LogP contribution in [0.15, 0.2) is 48.5 Å². The number of hydrogen-bond donors (Lipinski definition) is 1. The van der Waals surface area contributed by atoms with E-state index in [-0.39, 0.29) is 5.91 Å². The Hall–Kier alpha value is -2.00. The largest absolute Gasteiger partial charge is 0.497 e. The number of ether oxygens (including phenoxy) is 1. The van der Waals surface area contributed by atoms with E-state index in [9.17, 15) is 4.79 Å². The highest BCUT2D eigenvalue weighted by molar-refractivity contribution is 6.30. The lowest BCUT2D eigenvalue weighted by molar-refractivity contribution is -0.121. The predicted octanol–water partition coefficient (Wildman–Crippen LogP) is 4.55. The monoisotopic (exact) mass is 343 g/mol. The summed E-state index contributed by atoms with van der Waals surface area (Å²) in [6.45, 7) is 0.538. The second-order valence-electron chi connectivity index (χ2n) is 6.32. The minimum Gasteiger partial charge on any atom is -0.497 e. The molecule has 1 N–H and O–H groups in total. The molecule has 0 aliphatic heterocycles. The Kier molecular flexibility index (Phi) is 5.41. The summed E-state index contributed by atoms with van der Waals surface area (Å²) in [6, 6.07) is 15.6. The summed E-state index contributed by atoms with van der Waals surface area (Å²) in [6.07, 6.45) is 2.95. The van der Waals surface area contributed by atoms with Crippen LogP contribution in [0.5, 0.6) is 5.75 Å². The molecule has 0 spiro atoms. The second-order valence-corrected chi connectivity index (χ2v) is 6.76. The fraction of sp³-hybridized carbons (Fsp3) is 0.350. The molecule has 2 aromatic carbocycles. The molecule has 24 heavy (non-hydrogen) atoms. The minimum atomic E-state index is 0.0951. The van der Waals surface area contributed by atoms with E-state index in [1.54, 1.807) is 7.11 Å². The van der Waals surface area contributed by atoms with Crippen LogP contribution in [-0.4, -0.2) is 13.0 Å². The highest BCUT2D eigenvalue weighted by Crippen LogP contribution is 2.44. The molecule has 1 aliphatic carbocycles. The molecule has 126 valence electrons. The number of carbonyl (C=O) groups excluding carboxylic acids is 1. The average Bonchev–Trinajstić information content (AvgIpc) is 3.44. The number of carbonyl (C=O) groups is 1.